The molecule has 0 atom stereocenters. The van der Waals surface area contributed by atoms with E-state index in [0.717, 1.165) is 4.31 Å². The minimum absolute atomic E-state index is 0.0774. The lowest BCUT2D eigenvalue weighted by Gasteiger charge is -2.22. The Morgan fingerprint density at radius 2 is 1.69 bits per heavy atom. The Morgan fingerprint density at radius 1 is 1.03 bits per heavy atom. The molecule has 0 unspecified atom stereocenters. The van der Waals surface area contributed by atoms with Crippen molar-refractivity contribution in [2.75, 3.05) is 19.0 Å². The second-order valence-corrected chi connectivity index (χ2v) is 9.52. The largest absolute Gasteiger partial charge is 0.495 e. The van der Waals surface area contributed by atoms with E-state index in [1.165, 1.54) is 55.6 Å². The molecule has 1 amide bonds. The van der Waals surface area contributed by atoms with E-state index in [2.05, 4.69) is 5.32 Å². The molecule has 3 aromatic rings. The van der Waals surface area contributed by atoms with Gasteiger partial charge >= 0.3 is 0 Å². The summed E-state index contributed by atoms with van der Waals surface area (Å²) in [4.78, 5) is 12.7. The van der Waals surface area contributed by atoms with Gasteiger partial charge in [-0.05, 0) is 48.5 Å². The Labute approximate surface area is 195 Å². The zero-order valence-electron chi connectivity index (χ0n) is 16.9. The van der Waals surface area contributed by atoms with Gasteiger partial charge in [-0.3, -0.25) is 4.79 Å². The lowest BCUT2D eigenvalue weighted by molar-refractivity contribution is -0.116. The molecule has 10 heteroatoms. The average Bonchev–Trinajstić information content (AvgIpc) is 2.75. The second-order valence-electron chi connectivity index (χ2n) is 6.71. The van der Waals surface area contributed by atoms with E-state index in [4.69, 9.17) is 27.9 Å². The highest BCUT2D eigenvalue weighted by Gasteiger charge is 2.28. The fraction of sp³-hybridized carbons (Fsp3) is 0.136. The smallest absolute Gasteiger partial charge is 0.243 e. The number of sulfonamides is 1. The molecule has 3 aromatic carbocycles. The number of methoxy groups -OCH3 is 1. The van der Waals surface area contributed by atoms with Gasteiger partial charge in [-0.15, -0.1) is 0 Å². The SMILES string of the molecule is COc1ccc(Cl)cc1NC(=O)CN(Cc1ccccc1F)S(=O)(=O)c1ccc(Cl)cc1. The average molecular weight is 497 g/mol. The lowest BCUT2D eigenvalue weighted by Crippen LogP contribution is -2.37. The molecule has 0 aliphatic rings. The van der Waals surface area contributed by atoms with Crippen LogP contribution in [0.25, 0.3) is 0 Å². The molecule has 0 fully saturated rings. The van der Waals surface area contributed by atoms with Crippen LogP contribution < -0.4 is 10.1 Å². The van der Waals surface area contributed by atoms with Gasteiger partial charge in [-0.2, -0.15) is 4.31 Å². The van der Waals surface area contributed by atoms with Gasteiger partial charge in [0.2, 0.25) is 15.9 Å². The summed E-state index contributed by atoms with van der Waals surface area (Å²) in [5.74, 6) is -0.885. The summed E-state index contributed by atoms with van der Waals surface area (Å²) in [6, 6.07) is 15.9. The van der Waals surface area contributed by atoms with Crippen molar-refractivity contribution < 1.29 is 22.3 Å². The summed E-state index contributed by atoms with van der Waals surface area (Å²) in [5.41, 5.74) is 0.401. The number of ether oxygens (including phenoxy) is 1. The Bertz CT molecular complexity index is 1220. The molecule has 0 radical (unpaired) electrons. The van der Waals surface area contributed by atoms with Crippen molar-refractivity contribution in [3.63, 3.8) is 0 Å². The molecule has 6 nitrogen and oxygen atoms in total. The van der Waals surface area contributed by atoms with Crippen LogP contribution in [0.4, 0.5) is 10.1 Å². The molecular weight excluding hydrogens is 478 g/mol. The van der Waals surface area contributed by atoms with E-state index in [1.54, 1.807) is 18.2 Å². The number of carbonyl (C=O) groups excluding carboxylic acids is 1. The molecule has 0 aliphatic heterocycles. The molecule has 0 saturated heterocycles. The van der Waals surface area contributed by atoms with Gasteiger partial charge in [0.15, 0.2) is 0 Å². The number of nitrogens with one attached hydrogen (secondary N) is 1. The monoisotopic (exact) mass is 496 g/mol. The van der Waals surface area contributed by atoms with Crippen LogP contribution in [0.2, 0.25) is 10.0 Å². The van der Waals surface area contributed by atoms with Crippen LogP contribution >= 0.6 is 23.2 Å². The molecule has 0 aliphatic carbocycles. The van der Waals surface area contributed by atoms with Crippen LogP contribution in [0.5, 0.6) is 5.75 Å². The van der Waals surface area contributed by atoms with Gasteiger partial charge in [0.25, 0.3) is 0 Å². The third-order valence-corrected chi connectivity index (χ3v) is 6.80. The zero-order valence-corrected chi connectivity index (χ0v) is 19.2. The maximum Gasteiger partial charge on any atom is 0.243 e. The van der Waals surface area contributed by atoms with Crippen LogP contribution in [0.1, 0.15) is 5.56 Å². The van der Waals surface area contributed by atoms with E-state index in [-0.39, 0.29) is 22.7 Å². The molecule has 0 bridgehead atoms. The highest BCUT2D eigenvalue weighted by atomic mass is 35.5. The number of nitrogens with zero attached hydrogens (tertiary/aromatic N) is 1. The first-order chi connectivity index (χ1) is 15.2. The molecule has 0 spiro atoms. The van der Waals surface area contributed by atoms with E-state index in [9.17, 15) is 17.6 Å². The van der Waals surface area contributed by atoms with Crippen molar-refractivity contribution in [2.45, 2.75) is 11.4 Å². The Morgan fingerprint density at radius 3 is 2.34 bits per heavy atom. The minimum Gasteiger partial charge on any atom is -0.495 e. The Balaban J connectivity index is 1.92. The molecule has 168 valence electrons. The molecule has 32 heavy (non-hydrogen) atoms. The second kappa shape index (κ2) is 10.3. The Kier molecular flexibility index (Phi) is 7.73. The molecule has 3 rings (SSSR count). The minimum atomic E-state index is -4.15. The normalized spacial score (nSPS) is 11.4. The number of anilines is 1. The van der Waals surface area contributed by atoms with Crippen LogP contribution in [-0.4, -0.2) is 32.3 Å². The highest BCUT2D eigenvalue weighted by molar-refractivity contribution is 7.89. The molecular formula is C22H19Cl2FN2O4S. The fourth-order valence-corrected chi connectivity index (χ4v) is 4.60. The van der Waals surface area contributed by atoms with E-state index in [0.29, 0.717) is 15.8 Å². The fourth-order valence-electron chi connectivity index (χ4n) is 2.93. The van der Waals surface area contributed by atoms with Gasteiger partial charge in [-0.1, -0.05) is 41.4 Å². The number of hydrogen-bond donors (Lipinski definition) is 1. The van der Waals surface area contributed by atoms with E-state index >= 15 is 0 Å². The highest BCUT2D eigenvalue weighted by Crippen LogP contribution is 2.28. The number of halogens is 3. The molecule has 0 aromatic heterocycles. The van der Waals surface area contributed by atoms with Crippen LogP contribution in [0.15, 0.2) is 71.6 Å². The van der Waals surface area contributed by atoms with Gasteiger partial charge < -0.3 is 10.1 Å². The van der Waals surface area contributed by atoms with Crippen LogP contribution in [0, 0.1) is 5.82 Å². The van der Waals surface area contributed by atoms with Crippen LogP contribution in [0.3, 0.4) is 0 Å². The van der Waals surface area contributed by atoms with Crippen molar-refractivity contribution in [1.29, 1.82) is 0 Å². The summed E-state index contributed by atoms with van der Waals surface area (Å²) in [6.07, 6.45) is 0. The molecule has 1 N–H and O–H groups in total. The predicted molar refractivity (Wildman–Crippen MR) is 122 cm³/mol. The zero-order chi connectivity index (χ0) is 23.3. The van der Waals surface area contributed by atoms with Crippen molar-refractivity contribution >= 4 is 44.8 Å². The van der Waals surface area contributed by atoms with Gasteiger partial charge in [0, 0.05) is 22.2 Å². The number of amides is 1. The lowest BCUT2D eigenvalue weighted by atomic mass is 10.2. The standard InChI is InChI=1S/C22H19Cl2FN2O4S/c1-31-21-11-8-17(24)12-20(21)26-22(28)14-27(13-15-4-2-3-5-19(15)25)32(29,30)18-9-6-16(23)7-10-18/h2-12H,13-14H2,1H3,(H,26,28). The first-order valence-corrected chi connectivity index (χ1v) is 11.5. The summed E-state index contributed by atoms with van der Waals surface area (Å²) in [7, 11) is -2.73. The van der Waals surface area contributed by atoms with Crippen molar-refractivity contribution in [3.05, 3.63) is 88.2 Å². The first kappa shape index (κ1) is 24.0. The van der Waals surface area contributed by atoms with Crippen molar-refractivity contribution in [2.24, 2.45) is 0 Å². The van der Waals surface area contributed by atoms with Crippen molar-refractivity contribution in [1.82, 2.24) is 4.31 Å². The molecule has 0 saturated carbocycles. The first-order valence-electron chi connectivity index (χ1n) is 9.33. The molecule has 0 heterocycles. The summed E-state index contributed by atoms with van der Waals surface area (Å²) >= 11 is 11.9. The van der Waals surface area contributed by atoms with Gasteiger partial charge in [0.05, 0.1) is 24.2 Å². The number of carbonyl (C=O) groups is 1. The maximum absolute atomic E-state index is 14.3. The third-order valence-electron chi connectivity index (χ3n) is 4.51. The predicted octanol–water partition coefficient (Wildman–Crippen LogP) is 4.97. The third kappa shape index (κ3) is 5.77. The summed E-state index contributed by atoms with van der Waals surface area (Å²) < 4.78 is 46.9. The Hall–Kier alpha value is -2.65. The van der Waals surface area contributed by atoms with Crippen molar-refractivity contribution in [3.8, 4) is 5.75 Å². The number of rotatable bonds is 8. The maximum atomic E-state index is 14.3. The summed E-state index contributed by atoms with van der Waals surface area (Å²) in [6.45, 7) is -0.924. The number of benzene rings is 3. The van der Waals surface area contributed by atoms with Gasteiger partial charge in [0.1, 0.15) is 11.6 Å². The van der Waals surface area contributed by atoms with Crippen LogP contribution in [-0.2, 0) is 21.4 Å². The van der Waals surface area contributed by atoms with Gasteiger partial charge in [-0.25, -0.2) is 12.8 Å². The van der Waals surface area contributed by atoms with E-state index in [1.807, 2.05) is 0 Å². The quantitative estimate of drug-likeness (QED) is 0.477. The van der Waals surface area contributed by atoms with E-state index < -0.39 is 28.3 Å². The number of hydrogen-bond acceptors (Lipinski definition) is 4. The topological polar surface area (TPSA) is 75.7 Å². The summed E-state index contributed by atoms with van der Waals surface area (Å²) in [5, 5.41) is 3.31.